The minimum absolute atomic E-state index is 0.201. The van der Waals surface area contributed by atoms with Crippen molar-refractivity contribution >= 4 is 11.9 Å². The minimum atomic E-state index is -1.70. The first-order valence-electron chi connectivity index (χ1n) is 19.8. The second-order valence-corrected chi connectivity index (χ2v) is 13.9. The van der Waals surface area contributed by atoms with Crippen LogP contribution >= 0.6 is 0 Å². The lowest BCUT2D eigenvalue weighted by molar-refractivity contribution is -0.267. The molecule has 4 atom stereocenters. The highest BCUT2D eigenvalue weighted by molar-refractivity contribution is 5.69. The fourth-order valence-corrected chi connectivity index (χ4v) is 6.41. The molecule has 278 valence electrons. The third-order valence-corrected chi connectivity index (χ3v) is 9.66. The van der Waals surface area contributed by atoms with Crippen LogP contribution in [0.5, 0.6) is 0 Å². The largest absolute Gasteiger partial charge is 0.463 e. The van der Waals surface area contributed by atoms with E-state index in [0.717, 1.165) is 38.5 Å². The highest BCUT2D eigenvalue weighted by Crippen LogP contribution is 2.33. The van der Waals surface area contributed by atoms with Gasteiger partial charge in [0.15, 0.2) is 0 Å². The molecule has 0 unspecified atom stereocenters. The van der Waals surface area contributed by atoms with E-state index in [0.29, 0.717) is 6.42 Å². The monoisotopic (exact) mass is 671 g/mol. The third-order valence-electron chi connectivity index (χ3n) is 9.66. The Balaban J connectivity index is 2.11. The van der Waals surface area contributed by atoms with E-state index in [9.17, 15) is 19.8 Å². The van der Waals surface area contributed by atoms with E-state index >= 15 is 0 Å². The molecule has 1 fully saturated rings. The van der Waals surface area contributed by atoms with Crippen LogP contribution in [0.15, 0.2) is 0 Å². The molecule has 1 saturated heterocycles. The molecule has 8 heteroatoms. The molecule has 0 aromatic heterocycles. The van der Waals surface area contributed by atoms with E-state index in [-0.39, 0.29) is 31.6 Å². The van der Waals surface area contributed by atoms with Gasteiger partial charge in [0.05, 0.1) is 0 Å². The Labute approximate surface area is 288 Å². The molecule has 1 heterocycles. The molecule has 0 saturated carbocycles. The van der Waals surface area contributed by atoms with Crippen LogP contribution in [0.3, 0.4) is 0 Å². The summed E-state index contributed by atoms with van der Waals surface area (Å²) >= 11 is 0. The molecule has 1 rings (SSSR count). The van der Waals surface area contributed by atoms with Gasteiger partial charge >= 0.3 is 11.9 Å². The third kappa shape index (κ3) is 21.5. The summed E-state index contributed by atoms with van der Waals surface area (Å²) in [6.07, 6.45) is 29.0. The molecule has 47 heavy (non-hydrogen) atoms. The summed E-state index contributed by atoms with van der Waals surface area (Å²) in [5.41, 5.74) is 0. The maximum Gasteiger partial charge on any atom is 0.305 e. The van der Waals surface area contributed by atoms with Crippen molar-refractivity contribution in [2.75, 3.05) is 20.3 Å². The topological polar surface area (TPSA) is 112 Å². The maximum absolute atomic E-state index is 12.4. The zero-order valence-electron chi connectivity index (χ0n) is 30.8. The Morgan fingerprint density at radius 2 is 0.894 bits per heavy atom. The van der Waals surface area contributed by atoms with Gasteiger partial charge in [-0.1, -0.05) is 168 Å². The van der Waals surface area contributed by atoms with E-state index in [1.54, 1.807) is 0 Å². The quantitative estimate of drug-likeness (QED) is 0.0525. The van der Waals surface area contributed by atoms with Crippen molar-refractivity contribution in [3.05, 3.63) is 0 Å². The number of methoxy groups -OCH3 is 1. The lowest BCUT2D eigenvalue weighted by Crippen LogP contribution is -2.49. The van der Waals surface area contributed by atoms with Gasteiger partial charge in [0.1, 0.15) is 31.5 Å². The van der Waals surface area contributed by atoms with Gasteiger partial charge in [-0.25, -0.2) is 0 Å². The Bertz CT molecular complexity index is 746. The number of aliphatic hydroxyl groups excluding tert-OH is 2. The first-order valence-corrected chi connectivity index (χ1v) is 19.8. The average molecular weight is 671 g/mol. The predicted octanol–water partition coefficient (Wildman–Crippen LogP) is 9.50. The second-order valence-electron chi connectivity index (χ2n) is 13.9. The zero-order valence-corrected chi connectivity index (χ0v) is 30.8. The average Bonchev–Trinajstić information content (AvgIpc) is 3.32. The number of hydrogen-bond acceptors (Lipinski definition) is 8. The van der Waals surface area contributed by atoms with E-state index in [1.165, 1.54) is 136 Å². The first-order chi connectivity index (χ1) is 22.9. The number of carbonyl (C=O) groups excluding carboxylic acids is 2. The standard InChI is InChI=1S/C39H74O8/c1-4-6-8-10-12-14-16-18-20-22-24-26-28-30-35(40)45-32-34-37(42)38(43)39(44-3,47-34)33-46-36(41)31-29-27-25-23-21-19-17-15-13-11-9-7-5-2/h34,37-38,42-43H,4-33H2,1-3H3/t34-,37-,38+,39+/m1/s1. The van der Waals surface area contributed by atoms with Crippen molar-refractivity contribution in [1.29, 1.82) is 0 Å². The van der Waals surface area contributed by atoms with Gasteiger partial charge in [-0.3, -0.25) is 9.59 Å². The molecule has 1 aliphatic heterocycles. The first kappa shape index (κ1) is 43.8. The molecule has 0 radical (unpaired) electrons. The van der Waals surface area contributed by atoms with E-state index < -0.39 is 24.1 Å². The van der Waals surface area contributed by atoms with E-state index in [4.69, 9.17) is 18.9 Å². The summed E-state index contributed by atoms with van der Waals surface area (Å²) in [6.45, 7) is 3.96. The van der Waals surface area contributed by atoms with Crippen LogP contribution in [-0.2, 0) is 28.5 Å². The maximum atomic E-state index is 12.4. The molecular weight excluding hydrogens is 596 g/mol. The fourth-order valence-electron chi connectivity index (χ4n) is 6.41. The van der Waals surface area contributed by atoms with Crippen molar-refractivity contribution in [1.82, 2.24) is 0 Å². The molecule has 0 bridgehead atoms. The molecule has 2 N–H and O–H groups in total. The highest BCUT2D eigenvalue weighted by Gasteiger charge is 2.56. The molecule has 0 aromatic rings. The molecule has 0 amide bonds. The molecule has 8 nitrogen and oxygen atoms in total. The van der Waals surface area contributed by atoms with Crippen LogP contribution in [0.2, 0.25) is 0 Å². The number of aliphatic hydroxyl groups is 2. The predicted molar refractivity (Wildman–Crippen MR) is 189 cm³/mol. The summed E-state index contributed by atoms with van der Waals surface area (Å²) in [6, 6.07) is 0. The number of hydrogen-bond donors (Lipinski definition) is 2. The Morgan fingerprint density at radius 3 is 1.26 bits per heavy atom. The molecule has 0 spiro atoms. The Hall–Kier alpha value is -1.22. The normalized spacial score (nSPS) is 20.9. The SMILES string of the molecule is CCCCCCCCCCCCCCCC(=O)OC[C@H]1O[C@](COC(=O)CCCCCCCCCCCCCCC)(OC)[C@@H](O)[C@@H]1O. The summed E-state index contributed by atoms with van der Waals surface area (Å²) in [5, 5.41) is 21.2. The lowest BCUT2D eigenvalue weighted by atomic mass is 10.0. The second kappa shape index (κ2) is 29.7. The van der Waals surface area contributed by atoms with Gasteiger partial charge in [-0.2, -0.15) is 0 Å². The van der Waals surface area contributed by atoms with Crippen molar-refractivity contribution in [2.45, 2.75) is 218 Å². The van der Waals surface area contributed by atoms with Gasteiger partial charge in [0, 0.05) is 20.0 Å². The number of carbonyl (C=O) groups is 2. The highest BCUT2D eigenvalue weighted by atomic mass is 16.7. The Kier molecular flexibility index (Phi) is 27.7. The summed E-state index contributed by atoms with van der Waals surface area (Å²) in [5.74, 6) is -2.43. The minimum Gasteiger partial charge on any atom is -0.463 e. The van der Waals surface area contributed by atoms with Crippen LogP contribution in [0, 0.1) is 0 Å². The van der Waals surface area contributed by atoms with Gasteiger partial charge in [-0.15, -0.1) is 0 Å². The number of ether oxygens (including phenoxy) is 4. The summed E-state index contributed by atoms with van der Waals surface area (Å²) in [4.78, 5) is 24.6. The summed E-state index contributed by atoms with van der Waals surface area (Å²) in [7, 11) is 1.33. The van der Waals surface area contributed by atoms with Gasteiger partial charge in [-0.05, 0) is 12.8 Å². The van der Waals surface area contributed by atoms with E-state index in [1.807, 2.05) is 0 Å². The molecule has 0 aliphatic carbocycles. The molecular formula is C39H74O8. The van der Waals surface area contributed by atoms with Crippen molar-refractivity contribution in [2.24, 2.45) is 0 Å². The van der Waals surface area contributed by atoms with Crippen molar-refractivity contribution in [3.63, 3.8) is 0 Å². The van der Waals surface area contributed by atoms with Gasteiger partial charge < -0.3 is 29.2 Å². The van der Waals surface area contributed by atoms with Crippen LogP contribution in [-0.4, -0.2) is 66.6 Å². The molecule has 0 aromatic carbocycles. The summed E-state index contributed by atoms with van der Waals surface area (Å²) < 4.78 is 21.9. The van der Waals surface area contributed by atoms with Crippen molar-refractivity contribution < 1.29 is 38.7 Å². The van der Waals surface area contributed by atoms with Gasteiger partial charge in [0.25, 0.3) is 0 Å². The fraction of sp³-hybridized carbons (Fsp3) is 0.949. The van der Waals surface area contributed by atoms with Crippen LogP contribution in [0.25, 0.3) is 0 Å². The van der Waals surface area contributed by atoms with Crippen LogP contribution < -0.4 is 0 Å². The Morgan fingerprint density at radius 1 is 0.553 bits per heavy atom. The van der Waals surface area contributed by atoms with Crippen LogP contribution in [0.4, 0.5) is 0 Å². The van der Waals surface area contributed by atoms with E-state index in [2.05, 4.69) is 13.8 Å². The molecule has 1 aliphatic rings. The lowest BCUT2D eigenvalue weighted by Gasteiger charge is -2.29. The van der Waals surface area contributed by atoms with Gasteiger partial charge in [0.2, 0.25) is 5.79 Å². The number of unbranched alkanes of at least 4 members (excludes halogenated alkanes) is 24. The number of esters is 2. The zero-order chi connectivity index (χ0) is 34.4. The number of rotatable bonds is 33. The smallest absolute Gasteiger partial charge is 0.305 e. The van der Waals surface area contributed by atoms with Crippen molar-refractivity contribution in [3.8, 4) is 0 Å². The van der Waals surface area contributed by atoms with Crippen LogP contribution in [0.1, 0.15) is 194 Å².